The molecule has 3 amide bonds. The highest BCUT2D eigenvalue weighted by molar-refractivity contribution is 6.36. The second-order valence-electron chi connectivity index (χ2n) is 5.93. The maximum absolute atomic E-state index is 12.3. The second kappa shape index (κ2) is 9.23. The molecule has 0 atom stereocenters. The van der Waals surface area contributed by atoms with Crippen molar-refractivity contribution in [3.63, 3.8) is 0 Å². The highest BCUT2D eigenvalue weighted by Crippen LogP contribution is 2.20. The molecule has 3 rings (SSSR count). The van der Waals surface area contributed by atoms with Crippen molar-refractivity contribution in [1.29, 1.82) is 0 Å². The summed E-state index contributed by atoms with van der Waals surface area (Å²) in [4.78, 5) is 36.7. The summed E-state index contributed by atoms with van der Waals surface area (Å²) < 4.78 is 0. The molecule has 8 heteroatoms. The van der Waals surface area contributed by atoms with Crippen molar-refractivity contribution in [3.8, 4) is 0 Å². The molecule has 0 aromatic heterocycles. The lowest BCUT2D eigenvalue weighted by molar-refractivity contribution is 0.0847. The van der Waals surface area contributed by atoms with Crippen LogP contribution in [0.1, 0.15) is 31.1 Å². The summed E-state index contributed by atoms with van der Waals surface area (Å²) in [5.41, 5.74) is 5.95. The highest BCUT2D eigenvalue weighted by Gasteiger charge is 2.13. The van der Waals surface area contributed by atoms with Gasteiger partial charge in [-0.3, -0.25) is 25.2 Å². The van der Waals surface area contributed by atoms with Gasteiger partial charge in [0.25, 0.3) is 17.7 Å². The Bertz CT molecular complexity index is 1070. The molecule has 29 heavy (non-hydrogen) atoms. The van der Waals surface area contributed by atoms with Gasteiger partial charge in [0.15, 0.2) is 0 Å². The van der Waals surface area contributed by atoms with E-state index in [0.717, 1.165) is 0 Å². The molecule has 3 aromatic carbocycles. The standard InChI is InChI=1S/C21H15Cl2N3O3/c22-15-9-10-17(18(23)12-15)21(29)26-25-20(28)14-7-4-8-16(11-14)24-19(27)13-5-2-1-3-6-13/h1-12H,(H,24,27)(H,25,28)(H,26,29). The fourth-order valence-electron chi connectivity index (χ4n) is 2.46. The first-order valence-electron chi connectivity index (χ1n) is 8.46. The summed E-state index contributed by atoms with van der Waals surface area (Å²) in [5, 5.41) is 3.28. The van der Waals surface area contributed by atoms with Gasteiger partial charge in [-0.15, -0.1) is 0 Å². The molecule has 6 nitrogen and oxygen atoms in total. The molecule has 0 fully saturated rings. The van der Waals surface area contributed by atoms with Crippen molar-refractivity contribution in [1.82, 2.24) is 10.9 Å². The molecule has 3 aromatic rings. The maximum atomic E-state index is 12.3. The summed E-state index contributed by atoms with van der Waals surface area (Å²) in [6.45, 7) is 0. The molecule has 0 bridgehead atoms. The molecule has 146 valence electrons. The van der Waals surface area contributed by atoms with Gasteiger partial charge in [0.1, 0.15) is 0 Å². The molecule has 0 heterocycles. The molecule has 0 aliphatic rings. The van der Waals surface area contributed by atoms with Crippen LogP contribution in [0.3, 0.4) is 0 Å². The van der Waals surface area contributed by atoms with Crippen LogP contribution >= 0.6 is 23.2 Å². The Hall–Kier alpha value is -3.35. The minimum atomic E-state index is -0.589. The molecule has 0 aliphatic carbocycles. The molecule has 0 saturated heterocycles. The molecule has 0 spiro atoms. The zero-order valence-corrected chi connectivity index (χ0v) is 16.4. The van der Waals surface area contributed by atoms with Crippen LogP contribution in [0, 0.1) is 0 Å². The number of benzene rings is 3. The number of hydrogen-bond acceptors (Lipinski definition) is 3. The number of amides is 3. The van der Waals surface area contributed by atoms with Crippen molar-refractivity contribution >= 4 is 46.6 Å². The summed E-state index contributed by atoms with van der Waals surface area (Å²) in [7, 11) is 0. The Balaban J connectivity index is 1.63. The van der Waals surface area contributed by atoms with Crippen molar-refractivity contribution in [2.45, 2.75) is 0 Å². The Morgan fingerprint density at radius 3 is 2.07 bits per heavy atom. The first kappa shape index (κ1) is 20.4. The van der Waals surface area contributed by atoms with E-state index in [1.165, 1.54) is 24.3 Å². The first-order valence-corrected chi connectivity index (χ1v) is 9.22. The molecule has 0 aliphatic heterocycles. The smallest absolute Gasteiger partial charge is 0.271 e. The SMILES string of the molecule is O=C(NNC(=O)c1ccc(Cl)cc1Cl)c1cccc(NC(=O)c2ccccc2)c1. The lowest BCUT2D eigenvalue weighted by Gasteiger charge is -2.10. The molecule has 3 N–H and O–H groups in total. The zero-order valence-electron chi connectivity index (χ0n) is 14.9. The quantitative estimate of drug-likeness (QED) is 0.541. The Morgan fingerprint density at radius 2 is 1.34 bits per heavy atom. The van der Waals surface area contributed by atoms with Gasteiger partial charge in [0, 0.05) is 21.8 Å². The minimum Gasteiger partial charge on any atom is -0.322 e. The summed E-state index contributed by atoms with van der Waals surface area (Å²) in [5.74, 6) is -1.44. The Labute approximate surface area is 176 Å². The molecular formula is C21H15Cl2N3O3. The van der Waals surface area contributed by atoms with Crippen molar-refractivity contribution in [2.24, 2.45) is 0 Å². The average Bonchev–Trinajstić information content (AvgIpc) is 2.72. The number of rotatable bonds is 4. The predicted molar refractivity (Wildman–Crippen MR) is 112 cm³/mol. The number of anilines is 1. The van der Waals surface area contributed by atoms with E-state index < -0.39 is 11.8 Å². The second-order valence-corrected chi connectivity index (χ2v) is 6.78. The van der Waals surface area contributed by atoms with E-state index in [1.807, 2.05) is 6.07 Å². The molecule has 0 saturated carbocycles. The van der Waals surface area contributed by atoms with Gasteiger partial charge in [0.2, 0.25) is 0 Å². The molecular weight excluding hydrogens is 413 g/mol. The third kappa shape index (κ3) is 5.34. The normalized spacial score (nSPS) is 10.1. The summed E-state index contributed by atoms with van der Waals surface area (Å²) in [6, 6.07) is 19.4. The number of nitrogens with one attached hydrogen (secondary N) is 3. The van der Waals surface area contributed by atoms with Crippen LogP contribution in [0.2, 0.25) is 10.0 Å². The van der Waals surface area contributed by atoms with Crippen LogP contribution in [0.25, 0.3) is 0 Å². The van der Waals surface area contributed by atoms with Crippen molar-refractivity contribution in [2.75, 3.05) is 5.32 Å². The number of hydrazine groups is 1. The monoisotopic (exact) mass is 427 g/mol. The van der Waals surface area contributed by atoms with Gasteiger partial charge < -0.3 is 5.32 Å². The fraction of sp³-hybridized carbons (Fsp3) is 0. The number of hydrogen-bond donors (Lipinski definition) is 3. The maximum Gasteiger partial charge on any atom is 0.271 e. The van der Waals surface area contributed by atoms with Crippen molar-refractivity contribution < 1.29 is 14.4 Å². The van der Waals surface area contributed by atoms with E-state index in [0.29, 0.717) is 16.3 Å². The lowest BCUT2D eigenvalue weighted by Crippen LogP contribution is -2.41. The van der Waals surface area contributed by atoms with Gasteiger partial charge in [0.05, 0.1) is 10.6 Å². The van der Waals surface area contributed by atoms with Crippen molar-refractivity contribution in [3.05, 3.63) is 99.5 Å². The molecule has 0 unspecified atom stereocenters. The van der Waals surface area contributed by atoms with Crippen LogP contribution in [0.5, 0.6) is 0 Å². The first-order chi connectivity index (χ1) is 13.9. The van der Waals surface area contributed by atoms with E-state index >= 15 is 0 Å². The average molecular weight is 428 g/mol. The van der Waals surface area contributed by atoms with Gasteiger partial charge >= 0.3 is 0 Å². The zero-order chi connectivity index (χ0) is 20.8. The van der Waals surface area contributed by atoms with Crippen LogP contribution < -0.4 is 16.2 Å². The third-order valence-electron chi connectivity index (χ3n) is 3.88. The lowest BCUT2D eigenvalue weighted by atomic mass is 10.1. The summed E-state index contributed by atoms with van der Waals surface area (Å²) in [6.07, 6.45) is 0. The van der Waals surface area contributed by atoms with Gasteiger partial charge in [-0.05, 0) is 48.5 Å². The van der Waals surface area contributed by atoms with E-state index in [9.17, 15) is 14.4 Å². The largest absolute Gasteiger partial charge is 0.322 e. The Morgan fingerprint density at radius 1 is 0.655 bits per heavy atom. The van der Waals surface area contributed by atoms with Crippen LogP contribution in [-0.2, 0) is 0 Å². The number of carbonyl (C=O) groups is 3. The van der Waals surface area contributed by atoms with Gasteiger partial charge in [-0.25, -0.2) is 0 Å². The van der Waals surface area contributed by atoms with Crippen LogP contribution in [0.15, 0.2) is 72.8 Å². The van der Waals surface area contributed by atoms with E-state index in [2.05, 4.69) is 16.2 Å². The number of halogens is 2. The van der Waals surface area contributed by atoms with E-state index in [4.69, 9.17) is 23.2 Å². The van der Waals surface area contributed by atoms with Gasteiger partial charge in [-0.1, -0.05) is 47.5 Å². The highest BCUT2D eigenvalue weighted by atomic mass is 35.5. The fourth-order valence-corrected chi connectivity index (χ4v) is 2.95. The topological polar surface area (TPSA) is 87.3 Å². The Kier molecular flexibility index (Phi) is 6.49. The predicted octanol–water partition coefficient (Wildman–Crippen LogP) is 4.32. The minimum absolute atomic E-state index is 0.162. The summed E-state index contributed by atoms with van der Waals surface area (Å²) >= 11 is 11.8. The van der Waals surface area contributed by atoms with Crippen LogP contribution in [0.4, 0.5) is 5.69 Å². The van der Waals surface area contributed by atoms with Crippen LogP contribution in [-0.4, -0.2) is 17.7 Å². The number of carbonyl (C=O) groups excluding carboxylic acids is 3. The van der Waals surface area contributed by atoms with E-state index in [-0.39, 0.29) is 22.1 Å². The third-order valence-corrected chi connectivity index (χ3v) is 4.43. The van der Waals surface area contributed by atoms with Gasteiger partial charge in [-0.2, -0.15) is 0 Å². The molecule has 0 radical (unpaired) electrons. The van der Waals surface area contributed by atoms with E-state index in [1.54, 1.807) is 42.5 Å².